The Hall–Kier alpha value is -2.81. The molecule has 9 heteroatoms. The summed E-state index contributed by atoms with van der Waals surface area (Å²) in [4.78, 5) is 24.3. The van der Waals surface area contributed by atoms with Crippen LogP contribution < -0.4 is 15.4 Å². The average Bonchev–Trinajstić information content (AvgIpc) is 3.03. The number of amides is 3. The maximum absolute atomic E-state index is 12.4. The lowest BCUT2D eigenvalue weighted by Gasteiger charge is -2.21. The standard InChI is InChI=1S/C20H27N5O3S/c1-7-12-25-16(14-8-10-15(28-6)11-9-14)23-24-19(25)29-13(2)17(26)21-18(27)22-20(3,4)5/h7-11,13H,1,12H2,2-6H3,(H2,21,22,26,27)/t13-/m1/s1. The van der Waals surface area contributed by atoms with Crippen molar-refractivity contribution in [2.75, 3.05) is 7.11 Å². The molecule has 0 radical (unpaired) electrons. The van der Waals surface area contributed by atoms with Crippen molar-refractivity contribution in [3.8, 4) is 17.1 Å². The highest BCUT2D eigenvalue weighted by Gasteiger charge is 2.23. The van der Waals surface area contributed by atoms with Crippen LogP contribution in [0, 0.1) is 0 Å². The summed E-state index contributed by atoms with van der Waals surface area (Å²) in [5.41, 5.74) is 0.437. The highest BCUT2D eigenvalue weighted by atomic mass is 32.2. The van der Waals surface area contributed by atoms with E-state index in [9.17, 15) is 9.59 Å². The number of hydrogen-bond donors (Lipinski definition) is 2. The number of nitrogens with zero attached hydrogens (tertiary/aromatic N) is 3. The fourth-order valence-electron chi connectivity index (χ4n) is 2.42. The molecule has 1 heterocycles. The minimum absolute atomic E-state index is 0.407. The normalized spacial score (nSPS) is 12.2. The molecule has 0 spiro atoms. The highest BCUT2D eigenvalue weighted by molar-refractivity contribution is 8.00. The molecule has 2 N–H and O–H groups in total. The van der Waals surface area contributed by atoms with Gasteiger partial charge in [0.05, 0.1) is 12.4 Å². The van der Waals surface area contributed by atoms with E-state index in [1.807, 2.05) is 49.6 Å². The Morgan fingerprint density at radius 3 is 2.48 bits per heavy atom. The summed E-state index contributed by atoms with van der Waals surface area (Å²) in [6.45, 7) is 11.5. The quantitative estimate of drug-likeness (QED) is 0.530. The Bertz CT molecular complexity index is 871. The lowest BCUT2D eigenvalue weighted by Crippen LogP contribution is -2.49. The molecule has 2 aromatic rings. The molecule has 8 nitrogen and oxygen atoms in total. The predicted molar refractivity (Wildman–Crippen MR) is 114 cm³/mol. The van der Waals surface area contributed by atoms with Crippen LogP contribution in [-0.4, -0.2) is 44.6 Å². The number of carbonyl (C=O) groups excluding carboxylic acids is 2. The minimum Gasteiger partial charge on any atom is -0.497 e. The molecule has 0 fully saturated rings. The lowest BCUT2D eigenvalue weighted by molar-refractivity contribution is -0.119. The molecule has 29 heavy (non-hydrogen) atoms. The van der Waals surface area contributed by atoms with Crippen molar-refractivity contribution in [3.63, 3.8) is 0 Å². The zero-order valence-electron chi connectivity index (χ0n) is 17.4. The van der Waals surface area contributed by atoms with Gasteiger partial charge >= 0.3 is 6.03 Å². The number of ether oxygens (including phenoxy) is 1. The molecule has 1 aromatic heterocycles. The van der Waals surface area contributed by atoms with Crippen LogP contribution in [0.2, 0.25) is 0 Å². The zero-order valence-corrected chi connectivity index (χ0v) is 18.2. The molecule has 3 amide bonds. The Kier molecular flexibility index (Phi) is 7.44. The van der Waals surface area contributed by atoms with E-state index in [1.165, 1.54) is 11.8 Å². The molecule has 1 aromatic carbocycles. The Balaban J connectivity index is 2.15. The van der Waals surface area contributed by atoms with Gasteiger partial charge in [0, 0.05) is 17.6 Å². The van der Waals surface area contributed by atoms with Crippen molar-refractivity contribution in [1.29, 1.82) is 0 Å². The van der Waals surface area contributed by atoms with Crippen LogP contribution in [-0.2, 0) is 11.3 Å². The van der Waals surface area contributed by atoms with Crippen molar-refractivity contribution >= 4 is 23.7 Å². The number of aromatic nitrogens is 3. The first-order valence-electron chi connectivity index (χ1n) is 9.12. The van der Waals surface area contributed by atoms with Crippen LogP contribution in [0.5, 0.6) is 5.75 Å². The highest BCUT2D eigenvalue weighted by Crippen LogP contribution is 2.28. The zero-order chi connectivity index (χ0) is 21.6. The summed E-state index contributed by atoms with van der Waals surface area (Å²) in [5, 5.41) is 13.6. The molecule has 0 unspecified atom stereocenters. The van der Waals surface area contributed by atoms with E-state index in [-0.39, 0.29) is 0 Å². The molecular formula is C20H27N5O3S. The van der Waals surface area contributed by atoms with E-state index in [0.29, 0.717) is 17.5 Å². The smallest absolute Gasteiger partial charge is 0.321 e. The molecule has 0 saturated carbocycles. The molecule has 0 aliphatic rings. The van der Waals surface area contributed by atoms with Gasteiger partial charge in [0.2, 0.25) is 5.91 Å². The van der Waals surface area contributed by atoms with E-state index in [1.54, 1.807) is 20.1 Å². The van der Waals surface area contributed by atoms with Crippen molar-refractivity contribution in [1.82, 2.24) is 25.4 Å². The lowest BCUT2D eigenvalue weighted by atomic mass is 10.1. The van der Waals surface area contributed by atoms with Crippen LogP contribution in [0.1, 0.15) is 27.7 Å². The minimum atomic E-state index is -0.544. The SMILES string of the molecule is C=CCn1c(S[C@H](C)C(=O)NC(=O)NC(C)(C)C)nnc1-c1ccc(OC)cc1. The van der Waals surface area contributed by atoms with Crippen LogP contribution in [0.25, 0.3) is 11.4 Å². The van der Waals surface area contributed by atoms with Crippen molar-refractivity contribution in [2.24, 2.45) is 0 Å². The van der Waals surface area contributed by atoms with Crippen LogP contribution in [0.4, 0.5) is 4.79 Å². The van der Waals surface area contributed by atoms with E-state index in [4.69, 9.17) is 4.74 Å². The van der Waals surface area contributed by atoms with E-state index < -0.39 is 22.7 Å². The number of thioether (sulfide) groups is 1. The van der Waals surface area contributed by atoms with Gasteiger partial charge in [-0.05, 0) is 52.0 Å². The Morgan fingerprint density at radius 2 is 1.93 bits per heavy atom. The number of urea groups is 1. The first-order chi connectivity index (χ1) is 13.6. The third-order valence-corrected chi connectivity index (χ3v) is 4.83. The summed E-state index contributed by atoms with van der Waals surface area (Å²) in [6.07, 6.45) is 1.74. The molecule has 0 bridgehead atoms. The number of imide groups is 1. The third kappa shape index (κ3) is 6.35. The molecule has 0 saturated heterocycles. The van der Waals surface area contributed by atoms with E-state index in [2.05, 4.69) is 27.4 Å². The third-order valence-electron chi connectivity index (χ3n) is 3.75. The topological polar surface area (TPSA) is 98.1 Å². The maximum atomic E-state index is 12.4. The number of hydrogen-bond acceptors (Lipinski definition) is 6. The molecule has 1 atom stereocenters. The van der Waals surface area contributed by atoms with Gasteiger partial charge in [-0.2, -0.15) is 0 Å². The summed E-state index contributed by atoms with van der Waals surface area (Å²) < 4.78 is 7.06. The molecule has 2 rings (SSSR count). The number of rotatable bonds is 7. The van der Waals surface area contributed by atoms with E-state index >= 15 is 0 Å². The molecule has 156 valence electrons. The monoisotopic (exact) mass is 417 g/mol. The summed E-state index contributed by atoms with van der Waals surface area (Å²) >= 11 is 1.23. The second-order valence-corrected chi connectivity index (χ2v) is 8.70. The molecular weight excluding hydrogens is 390 g/mol. The Labute approximate surface area is 175 Å². The van der Waals surface area contributed by atoms with Gasteiger partial charge in [-0.25, -0.2) is 4.79 Å². The number of allylic oxidation sites excluding steroid dienone is 1. The van der Waals surface area contributed by atoms with Gasteiger partial charge in [-0.15, -0.1) is 16.8 Å². The number of carbonyl (C=O) groups is 2. The molecule has 0 aliphatic carbocycles. The average molecular weight is 418 g/mol. The van der Waals surface area contributed by atoms with Gasteiger partial charge in [0.1, 0.15) is 5.75 Å². The largest absolute Gasteiger partial charge is 0.497 e. The van der Waals surface area contributed by atoms with Crippen LogP contribution in [0.15, 0.2) is 42.1 Å². The second-order valence-electron chi connectivity index (χ2n) is 7.39. The van der Waals surface area contributed by atoms with Gasteiger partial charge in [-0.1, -0.05) is 17.8 Å². The van der Waals surface area contributed by atoms with Gasteiger partial charge in [0.25, 0.3) is 0 Å². The summed E-state index contributed by atoms with van der Waals surface area (Å²) in [6, 6.07) is 6.95. The number of nitrogens with one attached hydrogen (secondary N) is 2. The summed E-state index contributed by atoms with van der Waals surface area (Å²) in [5.74, 6) is 1.00. The van der Waals surface area contributed by atoms with Crippen molar-refractivity contribution in [2.45, 2.75) is 50.2 Å². The first-order valence-corrected chi connectivity index (χ1v) is 10.0. The fourth-order valence-corrected chi connectivity index (χ4v) is 3.28. The number of benzene rings is 1. The first kappa shape index (κ1) is 22.5. The second kappa shape index (κ2) is 9.60. The van der Waals surface area contributed by atoms with Crippen LogP contribution in [0.3, 0.4) is 0 Å². The van der Waals surface area contributed by atoms with Gasteiger partial charge in [-0.3, -0.25) is 14.7 Å². The van der Waals surface area contributed by atoms with Gasteiger partial charge in [0.15, 0.2) is 11.0 Å². The predicted octanol–water partition coefficient (Wildman–Crippen LogP) is 3.24. The van der Waals surface area contributed by atoms with Crippen molar-refractivity contribution < 1.29 is 14.3 Å². The molecule has 0 aliphatic heterocycles. The van der Waals surface area contributed by atoms with Crippen LogP contribution >= 0.6 is 11.8 Å². The van der Waals surface area contributed by atoms with Crippen molar-refractivity contribution in [3.05, 3.63) is 36.9 Å². The van der Waals surface area contributed by atoms with E-state index in [0.717, 1.165) is 11.3 Å². The Morgan fingerprint density at radius 1 is 1.28 bits per heavy atom. The van der Waals surface area contributed by atoms with Gasteiger partial charge < -0.3 is 10.1 Å². The summed E-state index contributed by atoms with van der Waals surface area (Å²) in [7, 11) is 1.61. The number of methoxy groups -OCH3 is 1. The fraction of sp³-hybridized carbons (Fsp3) is 0.400. The maximum Gasteiger partial charge on any atom is 0.321 e.